The van der Waals surface area contributed by atoms with Crippen molar-refractivity contribution < 1.29 is 14.3 Å². The Morgan fingerprint density at radius 1 is 1.36 bits per heavy atom. The molecule has 0 spiro atoms. The lowest BCUT2D eigenvalue weighted by atomic mass is 10.2. The molecular formula is C10H13NO3. The molecule has 0 aliphatic heterocycles. The SMILES string of the molecule is CNC(=O)OCc1ccc(OC)cc1. The maximum absolute atomic E-state index is 10.8. The smallest absolute Gasteiger partial charge is 0.407 e. The number of hydrogen-bond donors (Lipinski definition) is 1. The van der Waals surface area contributed by atoms with Gasteiger partial charge >= 0.3 is 6.09 Å². The average Bonchev–Trinajstić information content (AvgIpc) is 2.26. The highest BCUT2D eigenvalue weighted by molar-refractivity contribution is 5.66. The highest BCUT2D eigenvalue weighted by atomic mass is 16.5. The van der Waals surface area contributed by atoms with Crippen LogP contribution in [-0.2, 0) is 11.3 Å². The topological polar surface area (TPSA) is 47.6 Å². The van der Waals surface area contributed by atoms with E-state index in [2.05, 4.69) is 5.32 Å². The minimum Gasteiger partial charge on any atom is -0.497 e. The lowest BCUT2D eigenvalue weighted by molar-refractivity contribution is 0.142. The van der Waals surface area contributed by atoms with E-state index < -0.39 is 6.09 Å². The Balaban J connectivity index is 2.47. The Morgan fingerprint density at radius 3 is 2.50 bits per heavy atom. The summed E-state index contributed by atoms with van der Waals surface area (Å²) in [4.78, 5) is 10.8. The summed E-state index contributed by atoms with van der Waals surface area (Å²) in [6.45, 7) is 0.268. The van der Waals surface area contributed by atoms with Gasteiger partial charge in [0.15, 0.2) is 0 Å². The normalized spacial score (nSPS) is 9.29. The van der Waals surface area contributed by atoms with Gasteiger partial charge in [0.2, 0.25) is 0 Å². The molecule has 0 aromatic heterocycles. The largest absolute Gasteiger partial charge is 0.497 e. The molecule has 4 heteroatoms. The number of benzene rings is 1. The summed E-state index contributed by atoms with van der Waals surface area (Å²) in [6.07, 6.45) is -0.430. The first kappa shape index (κ1) is 10.4. The zero-order valence-corrected chi connectivity index (χ0v) is 8.24. The molecule has 1 aromatic rings. The molecule has 0 bridgehead atoms. The Labute approximate surface area is 82.8 Å². The zero-order chi connectivity index (χ0) is 10.4. The number of rotatable bonds is 3. The number of methoxy groups -OCH3 is 1. The molecule has 1 rings (SSSR count). The second-order valence-electron chi connectivity index (χ2n) is 2.67. The van der Waals surface area contributed by atoms with Gasteiger partial charge in [0.25, 0.3) is 0 Å². The van der Waals surface area contributed by atoms with Gasteiger partial charge in [0.05, 0.1) is 7.11 Å². The maximum Gasteiger partial charge on any atom is 0.407 e. The van der Waals surface area contributed by atoms with E-state index in [0.717, 1.165) is 11.3 Å². The van der Waals surface area contributed by atoms with Gasteiger partial charge < -0.3 is 14.8 Å². The van der Waals surface area contributed by atoms with Gasteiger partial charge in [-0.15, -0.1) is 0 Å². The molecule has 0 fully saturated rings. The molecule has 0 atom stereocenters. The number of nitrogens with one attached hydrogen (secondary N) is 1. The molecule has 1 aromatic carbocycles. The fourth-order valence-corrected chi connectivity index (χ4v) is 0.943. The van der Waals surface area contributed by atoms with E-state index in [4.69, 9.17) is 9.47 Å². The van der Waals surface area contributed by atoms with Crippen LogP contribution in [0.5, 0.6) is 5.75 Å². The zero-order valence-electron chi connectivity index (χ0n) is 8.24. The van der Waals surface area contributed by atoms with Crippen molar-refractivity contribution in [3.8, 4) is 5.75 Å². The van der Waals surface area contributed by atoms with Crippen LogP contribution in [0.1, 0.15) is 5.56 Å². The highest BCUT2D eigenvalue weighted by Gasteiger charge is 1.99. The molecule has 1 N–H and O–H groups in total. The van der Waals surface area contributed by atoms with Crippen LogP contribution in [0.3, 0.4) is 0 Å². The lowest BCUT2D eigenvalue weighted by Gasteiger charge is -2.04. The van der Waals surface area contributed by atoms with Gasteiger partial charge in [-0.3, -0.25) is 0 Å². The first-order chi connectivity index (χ1) is 6.76. The Kier molecular flexibility index (Phi) is 3.79. The number of amides is 1. The molecule has 0 radical (unpaired) electrons. The summed E-state index contributed by atoms with van der Waals surface area (Å²) >= 11 is 0. The van der Waals surface area contributed by atoms with Crippen molar-refractivity contribution >= 4 is 6.09 Å². The summed E-state index contributed by atoms with van der Waals surface area (Å²) in [6, 6.07) is 7.34. The van der Waals surface area contributed by atoms with E-state index in [-0.39, 0.29) is 6.61 Å². The fourth-order valence-electron chi connectivity index (χ4n) is 0.943. The van der Waals surface area contributed by atoms with Crippen LogP contribution in [0, 0.1) is 0 Å². The van der Waals surface area contributed by atoms with E-state index in [0.29, 0.717) is 0 Å². The van der Waals surface area contributed by atoms with Crippen molar-refractivity contribution in [1.82, 2.24) is 5.32 Å². The highest BCUT2D eigenvalue weighted by Crippen LogP contribution is 2.11. The van der Waals surface area contributed by atoms with E-state index >= 15 is 0 Å². The number of carbonyl (C=O) groups is 1. The van der Waals surface area contributed by atoms with Crippen molar-refractivity contribution in [3.05, 3.63) is 29.8 Å². The van der Waals surface area contributed by atoms with Gasteiger partial charge in [-0.1, -0.05) is 12.1 Å². The quantitative estimate of drug-likeness (QED) is 0.796. The monoisotopic (exact) mass is 195 g/mol. The third-order valence-electron chi connectivity index (χ3n) is 1.73. The van der Waals surface area contributed by atoms with Gasteiger partial charge in [-0.2, -0.15) is 0 Å². The number of alkyl carbamates (subject to hydrolysis) is 1. The first-order valence-electron chi connectivity index (χ1n) is 4.23. The molecule has 0 heterocycles. The molecule has 0 unspecified atom stereocenters. The van der Waals surface area contributed by atoms with Crippen LogP contribution >= 0.6 is 0 Å². The number of hydrogen-bond acceptors (Lipinski definition) is 3. The predicted octanol–water partition coefficient (Wildman–Crippen LogP) is 1.55. The van der Waals surface area contributed by atoms with Gasteiger partial charge in [0.1, 0.15) is 12.4 Å². The summed E-state index contributed by atoms with van der Waals surface area (Å²) < 4.78 is 9.86. The van der Waals surface area contributed by atoms with Crippen molar-refractivity contribution in [3.63, 3.8) is 0 Å². The average molecular weight is 195 g/mol. The Hall–Kier alpha value is -1.71. The third kappa shape index (κ3) is 2.97. The third-order valence-corrected chi connectivity index (χ3v) is 1.73. The van der Waals surface area contributed by atoms with Crippen LogP contribution in [0.2, 0.25) is 0 Å². The molecule has 1 amide bonds. The fraction of sp³-hybridized carbons (Fsp3) is 0.300. The standard InChI is InChI=1S/C10H13NO3/c1-11-10(12)14-7-8-3-5-9(13-2)6-4-8/h3-6H,7H2,1-2H3,(H,11,12). The molecule has 0 saturated carbocycles. The molecular weight excluding hydrogens is 182 g/mol. The van der Waals surface area contributed by atoms with Crippen LogP contribution in [0.4, 0.5) is 4.79 Å². The van der Waals surface area contributed by atoms with Gasteiger partial charge in [0, 0.05) is 7.05 Å². The summed E-state index contributed by atoms with van der Waals surface area (Å²) in [5.41, 5.74) is 0.925. The maximum atomic E-state index is 10.8. The first-order valence-corrected chi connectivity index (χ1v) is 4.23. The Bertz CT molecular complexity index is 295. The second-order valence-corrected chi connectivity index (χ2v) is 2.67. The molecule has 0 aliphatic carbocycles. The van der Waals surface area contributed by atoms with E-state index in [1.165, 1.54) is 7.05 Å². The molecule has 76 valence electrons. The van der Waals surface area contributed by atoms with Gasteiger partial charge in [-0.05, 0) is 17.7 Å². The van der Waals surface area contributed by atoms with E-state index in [1.807, 2.05) is 24.3 Å². The summed E-state index contributed by atoms with van der Waals surface area (Å²) in [5.74, 6) is 0.786. The van der Waals surface area contributed by atoms with Crippen molar-refractivity contribution in [2.75, 3.05) is 14.2 Å². The summed E-state index contributed by atoms with van der Waals surface area (Å²) in [7, 11) is 3.13. The molecule has 0 saturated heterocycles. The minimum atomic E-state index is -0.430. The van der Waals surface area contributed by atoms with Crippen molar-refractivity contribution in [1.29, 1.82) is 0 Å². The molecule has 4 nitrogen and oxygen atoms in total. The number of carbonyl (C=O) groups excluding carboxylic acids is 1. The van der Waals surface area contributed by atoms with E-state index in [1.54, 1.807) is 7.11 Å². The Morgan fingerprint density at radius 2 is 2.00 bits per heavy atom. The number of ether oxygens (including phenoxy) is 2. The minimum absolute atomic E-state index is 0.268. The summed E-state index contributed by atoms with van der Waals surface area (Å²) in [5, 5.41) is 2.37. The predicted molar refractivity (Wildman–Crippen MR) is 52.2 cm³/mol. The van der Waals surface area contributed by atoms with Crippen LogP contribution in [0.15, 0.2) is 24.3 Å². The van der Waals surface area contributed by atoms with Crippen LogP contribution in [-0.4, -0.2) is 20.3 Å². The van der Waals surface area contributed by atoms with Crippen molar-refractivity contribution in [2.45, 2.75) is 6.61 Å². The molecule has 0 aliphatic rings. The lowest BCUT2D eigenvalue weighted by Crippen LogP contribution is -2.18. The van der Waals surface area contributed by atoms with Crippen LogP contribution < -0.4 is 10.1 Å². The molecule has 14 heavy (non-hydrogen) atoms. The second kappa shape index (κ2) is 5.11. The van der Waals surface area contributed by atoms with Gasteiger partial charge in [-0.25, -0.2) is 4.79 Å². The van der Waals surface area contributed by atoms with E-state index in [9.17, 15) is 4.79 Å². The van der Waals surface area contributed by atoms with Crippen LogP contribution in [0.25, 0.3) is 0 Å². The van der Waals surface area contributed by atoms with Crippen molar-refractivity contribution in [2.24, 2.45) is 0 Å².